The molecular weight excluding hydrogens is 236 g/mol. The van der Waals surface area contributed by atoms with Crippen molar-refractivity contribution in [2.75, 3.05) is 6.54 Å². The minimum absolute atomic E-state index is 0.135. The molecule has 104 valence electrons. The average Bonchev–Trinajstić information content (AvgIpc) is 3.24. The summed E-state index contributed by atoms with van der Waals surface area (Å²) in [5.41, 5.74) is 6.90. The summed E-state index contributed by atoms with van der Waals surface area (Å²) >= 11 is 0. The first-order valence-electron chi connectivity index (χ1n) is 7.19. The highest BCUT2D eigenvalue weighted by Crippen LogP contribution is 2.38. The highest BCUT2D eigenvalue weighted by atomic mass is 16.1. The third kappa shape index (κ3) is 4.06. The summed E-state index contributed by atoms with van der Waals surface area (Å²) in [6, 6.07) is 10.3. The van der Waals surface area contributed by atoms with Gasteiger partial charge in [0.25, 0.3) is 0 Å². The van der Waals surface area contributed by atoms with Gasteiger partial charge in [0.15, 0.2) is 0 Å². The lowest BCUT2D eigenvalue weighted by molar-refractivity contribution is -0.123. The molecule has 0 aromatic heterocycles. The molecule has 0 radical (unpaired) electrons. The Balaban J connectivity index is 1.72. The lowest BCUT2D eigenvalue weighted by Crippen LogP contribution is -2.53. The number of nitrogens with one attached hydrogen (secondary N) is 1. The smallest absolute Gasteiger partial charge is 0.220 e. The van der Waals surface area contributed by atoms with E-state index in [-0.39, 0.29) is 11.4 Å². The van der Waals surface area contributed by atoms with E-state index in [1.165, 1.54) is 18.4 Å². The van der Waals surface area contributed by atoms with Gasteiger partial charge in [-0.2, -0.15) is 0 Å². The topological polar surface area (TPSA) is 55.1 Å². The number of carbonyl (C=O) groups is 1. The number of rotatable bonds is 7. The third-order valence-corrected chi connectivity index (χ3v) is 4.04. The molecule has 0 aliphatic heterocycles. The van der Waals surface area contributed by atoms with E-state index in [0.717, 1.165) is 12.8 Å². The maximum absolute atomic E-state index is 12.0. The van der Waals surface area contributed by atoms with Gasteiger partial charge < -0.3 is 11.1 Å². The van der Waals surface area contributed by atoms with Crippen LogP contribution in [0.2, 0.25) is 0 Å². The Kier molecular flexibility index (Phi) is 4.59. The number of benzene rings is 1. The predicted octanol–water partition coefficient (Wildman–Crippen LogP) is 2.25. The van der Waals surface area contributed by atoms with Crippen LogP contribution in [0.5, 0.6) is 0 Å². The first-order chi connectivity index (χ1) is 9.14. The number of aryl methyl sites for hydroxylation is 1. The molecule has 1 atom stereocenters. The van der Waals surface area contributed by atoms with Crippen LogP contribution in [-0.2, 0) is 11.2 Å². The Labute approximate surface area is 115 Å². The number of carbonyl (C=O) groups excluding carboxylic acids is 1. The summed E-state index contributed by atoms with van der Waals surface area (Å²) in [6.07, 6.45) is 4.81. The van der Waals surface area contributed by atoms with Crippen molar-refractivity contribution in [3.8, 4) is 0 Å². The predicted molar refractivity (Wildman–Crippen MR) is 77.7 cm³/mol. The van der Waals surface area contributed by atoms with E-state index in [1.54, 1.807) is 0 Å². The van der Waals surface area contributed by atoms with Gasteiger partial charge >= 0.3 is 0 Å². The number of hydrogen-bond donors (Lipinski definition) is 2. The SMILES string of the molecule is CC(CN)(NC(=O)CCCc1ccccc1)C1CC1. The molecule has 1 amide bonds. The van der Waals surface area contributed by atoms with Crippen LogP contribution in [0.1, 0.15) is 38.2 Å². The van der Waals surface area contributed by atoms with Crippen molar-refractivity contribution in [3.63, 3.8) is 0 Å². The van der Waals surface area contributed by atoms with Crippen LogP contribution in [0.15, 0.2) is 30.3 Å². The maximum Gasteiger partial charge on any atom is 0.220 e. The molecule has 0 spiro atoms. The molecule has 1 saturated carbocycles. The summed E-state index contributed by atoms with van der Waals surface area (Å²) in [6.45, 7) is 2.60. The van der Waals surface area contributed by atoms with E-state index in [9.17, 15) is 4.79 Å². The highest BCUT2D eigenvalue weighted by molar-refractivity contribution is 5.76. The van der Waals surface area contributed by atoms with Crippen LogP contribution in [0.4, 0.5) is 0 Å². The largest absolute Gasteiger partial charge is 0.349 e. The highest BCUT2D eigenvalue weighted by Gasteiger charge is 2.41. The van der Waals surface area contributed by atoms with Gasteiger partial charge in [0.2, 0.25) is 5.91 Å². The van der Waals surface area contributed by atoms with Gasteiger partial charge in [-0.3, -0.25) is 4.79 Å². The monoisotopic (exact) mass is 260 g/mol. The lowest BCUT2D eigenvalue weighted by atomic mass is 9.95. The van der Waals surface area contributed by atoms with Crippen molar-refractivity contribution in [1.29, 1.82) is 0 Å². The normalized spacial score (nSPS) is 17.8. The first kappa shape index (κ1) is 14.1. The molecule has 0 saturated heterocycles. The molecule has 3 heteroatoms. The Bertz CT molecular complexity index is 414. The molecule has 1 aliphatic rings. The van der Waals surface area contributed by atoms with E-state index in [2.05, 4.69) is 24.4 Å². The van der Waals surface area contributed by atoms with Crippen molar-refractivity contribution < 1.29 is 4.79 Å². The zero-order valence-electron chi connectivity index (χ0n) is 11.7. The molecule has 1 fully saturated rings. The molecule has 1 aromatic carbocycles. The Hall–Kier alpha value is -1.35. The van der Waals surface area contributed by atoms with Gasteiger partial charge in [0.05, 0.1) is 5.54 Å². The zero-order valence-corrected chi connectivity index (χ0v) is 11.7. The third-order valence-electron chi connectivity index (χ3n) is 4.04. The van der Waals surface area contributed by atoms with Crippen LogP contribution in [-0.4, -0.2) is 18.0 Å². The fourth-order valence-corrected chi connectivity index (χ4v) is 2.52. The van der Waals surface area contributed by atoms with E-state index in [0.29, 0.717) is 18.9 Å². The van der Waals surface area contributed by atoms with Gasteiger partial charge in [-0.25, -0.2) is 0 Å². The fraction of sp³-hybridized carbons (Fsp3) is 0.562. The van der Waals surface area contributed by atoms with Gasteiger partial charge in [0.1, 0.15) is 0 Å². The molecular formula is C16H24N2O. The van der Waals surface area contributed by atoms with Crippen LogP contribution in [0.3, 0.4) is 0 Å². The van der Waals surface area contributed by atoms with E-state index in [4.69, 9.17) is 5.73 Å². The molecule has 1 aromatic rings. The van der Waals surface area contributed by atoms with Crippen LogP contribution in [0, 0.1) is 5.92 Å². The van der Waals surface area contributed by atoms with Gasteiger partial charge in [-0.1, -0.05) is 30.3 Å². The number of hydrogen-bond acceptors (Lipinski definition) is 2. The average molecular weight is 260 g/mol. The van der Waals surface area contributed by atoms with E-state index >= 15 is 0 Å². The minimum Gasteiger partial charge on any atom is -0.349 e. The molecule has 0 heterocycles. The Morgan fingerprint density at radius 1 is 1.37 bits per heavy atom. The van der Waals surface area contributed by atoms with Crippen molar-refractivity contribution in [2.45, 2.75) is 44.6 Å². The second-order valence-electron chi connectivity index (χ2n) is 5.78. The maximum atomic E-state index is 12.0. The van der Waals surface area contributed by atoms with Crippen LogP contribution in [0.25, 0.3) is 0 Å². The molecule has 19 heavy (non-hydrogen) atoms. The van der Waals surface area contributed by atoms with E-state index < -0.39 is 0 Å². The quantitative estimate of drug-likeness (QED) is 0.790. The van der Waals surface area contributed by atoms with Crippen molar-refractivity contribution in [3.05, 3.63) is 35.9 Å². The summed E-state index contributed by atoms with van der Waals surface area (Å²) in [7, 11) is 0. The number of nitrogens with two attached hydrogens (primary N) is 1. The Morgan fingerprint density at radius 2 is 2.05 bits per heavy atom. The summed E-state index contributed by atoms with van der Waals surface area (Å²) in [4.78, 5) is 12.0. The summed E-state index contributed by atoms with van der Waals surface area (Å²) in [5, 5.41) is 3.13. The molecule has 3 N–H and O–H groups in total. The Morgan fingerprint density at radius 3 is 2.63 bits per heavy atom. The standard InChI is InChI=1S/C16H24N2O/c1-16(12-17,14-10-11-14)18-15(19)9-5-8-13-6-3-2-4-7-13/h2-4,6-7,14H,5,8-12,17H2,1H3,(H,18,19). The van der Waals surface area contributed by atoms with Crippen LogP contribution < -0.4 is 11.1 Å². The first-order valence-corrected chi connectivity index (χ1v) is 7.19. The molecule has 1 unspecified atom stereocenters. The minimum atomic E-state index is -0.191. The second-order valence-corrected chi connectivity index (χ2v) is 5.78. The van der Waals surface area contributed by atoms with Gasteiger partial charge in [0, 0.05) is 13.0 Å². The molecule has 0 bridgehead atoms. The molecule has 1 aliphatic carbocycles. The van der Waals surface area contributed by atoms with Crippen LogP contribution >= 0.6 is 0 Å². The van der Waals surface area contributed by atoms with Crippen molar-refractivity contribution >= 4 is 5.91 Å². The van der Waals surface area contributed by atoms with Gasteiger partial charge in [-0.05, 0) is 44.1 Å². The molecule has 3 nitrogen and oxygen atoms in total. The second kappa shape index (κ2) is 6.20. The number of amides is 1. The van der Waals surface area contributed by atoms with Crippen molar-refractivity contribution in [1.82, 2.24) is 5.32 Å². The fourth-order valence-electron chi connectivity index (χ4n) is 2.52. The van der Waals surface area contributed by atoms with E-state index in [1.807, 2.05) is 18.2 Å². The summed E-state index contributed by atoms with van der Waals surface area (Å²) < 4.78 is 0. The summed E-state index contributed by atoms with van der Waals surface area (Å²) in [5.74, 6) is 0.714. The van der Waals surface area contributed by atoms with Gasteiger partial charge in [-0.15, -0.1) is 0 Å². The van der Waals surface area contributed by atoms with Crippen molar-refractivity contribution in [2.24, 2.45) is 11.7 Å². The molecule has 2 rings (SSSR count). The zero-order chi connectivity index (χ0) is 13.7. The lowest BCUT2D eigenvalue weighted by Gasteiger charge is -2.29.